The van der Waals surface area contributed by atoms with Crippen molar-refractivity contribution in [1.29, 1.82) is 0 Å². The van der Waals surface area contributed by atoms with Crippen molar-refractivity contribution in [2.75, 3.05) is 25.6 Å². The first-order valence-corrected chi connectivity index (χ1v) is 5.42. The van der Waals surface area contributed by atoms with Gasteiger partial charge in [0.25, 0.3) is 0 Å². The zero-order valence-corrected chi connectivity index (χ0v) is 10.0. The molecule has 1 rings (SSSR count). The minimum atomic E-state index is -0.580. The molecule has 1 aromatic rings. The van der Waals surface area contributed by atoms with Crippen molar-refractivity contribution >= 4 is 11.8 Å². The molecule has 6 nitrogen and oxygen atoms in total. The Hall–Kier alpha value is -1.69. The van der Waals surface area contributed by atoms with Gasteiger partial charge in [0.1, 0.15) is 6.61 Å². The van der Waals surface area contributed by atoms with Crippen LogP contribution in [0.4, 0.5) is 5.82 Å². The minimum Gasteiger partial charge on any atom is -0.458 e. The molecule has 0 aliphatic rings. The number of aromatic nitrogens is 2. The molecular formula is C11H17N3O3. The van der Waals surface area contributed by atoms with Gasteiger partial charge in [-0.1, -0.05) is 13.8 Å². The van der Waals surface area contributed by atoms with Gasteiger partial charge in [0, 0.05) is 19.0 Å². The molecule has 0 radical (unpaired) electrons. The van der Waals surface area contributed by atoms with Gasteiger partial charge in [-0.05, 0) is 5.92 Å². The van der Waals surface area contributed by atoms with Crippen LogP contribution in [0.1, 0.15) is 24.3 Å². The highest BCUT2D eigenvalue weighted by molar-refractivity contribution is 5.91. The highest BCUT2D eigenvalue weighted by atomic mass is 16.6. The number of rotatable bonds is 6. The fourth-order valence-corrected chi connectivity index (χ4v) is 1.09. The fraction of sp³-hybridized carbons (Fsp3) is 0.545. The van der Waals surface area contributed by atoms with E-state index in [9.17, 15) is 4.79 Å². The molecule has 0 spiro atoms. The molecule has 0 aromatic carbocycles. The molecule has 94 valence electrons. The molecule has 0 saturated carbocycles. The van der Waals surface area contributed by atoms with Crippen LogP contribution in [-0.2, 0) is 9.47 Å². The van der Waals surface area contributed by atoms with Gasteiger partial charge in [0.05, 0.1) is 6.61 Å². The predicted octanol–water partition coefficient (Wildman–Crippen LogP) is 0.888. The number of nitrogens with two attached hydrogens (primary N) is 1. The van der Waals surface area contributed by atoms with Crippen LogP contribution in [0, 0.1) is 5.92 Å². The standard InChI is InChI=1S/C11H17N3O3/c1-8(2)7-16-5-6-17-11(15)9-10(12)14-4-3-13-9/h3-4,8H,5-7H2,1-2H3,(H2,12,14). The SMILES string of the molecule is CC(C)COCCOC(=O)c1nccnc1N. The van der Waals surface area contributed by atoms with Crippen LogP contribution in [0.5, 0.6) is 0 Å². The van der Waals surface area contributed by atoms with Crippen LogP contribution in [0.2, 0.25) is 0 Å². The molecule has 0 saturated heterocycles. The molecule has 0 amide bonds. The van der Waals surface area contributed by atoms with Crippen LogP contribution in [0.3, 0.4) is 0 Å². The van der Waals surface area contributed by atoms with Crippen molar-refractivity contribution in [1.82, 2.24) is 9.97 Å². The molecule has 0 unspecified atom stereocenters. The lowest BCUT2D eigenvalue weighted by molar-refractivity contribution is 0.0273. The zero-order chi connectivity index (χ0) is 12.7. The van der Waals surface area contributed by atoms with Gasteiger partial charge in [0.15, 0.2) is 11.5 Å². The molecule has 6 heteroatoms. The van der Waals surface area contributed by atoms with Crippen molar-refractivity contribution in [2.45, 2.75) is 13.8 Å². The van der Waals surface area contributed by atoms with Crippen LogP contribution in [0.15, 0.2) is 12.4 Å². The maximum Gasteiger partial charge on any atom is 0.360 e. The van der Waals surface area contributed by atoms with Crippen LogP contribution in [0.25, 0.3) is 0 Å². The Morgan fingerprint density at radius 1 is 1.35 bits per heavy atom. The lowest BCUT2D eigenvalue weighted by Crippen LogP contribution is -2.15. The van der Waals surface area contributed by atoms with E-state index in [1.165, 1.54) is 12.4 Å². The molecule has 1 heterocycles. The Bertz CT molecular complexity index is 369. The van der Waals surface area contributed by atoms with E-state index in [4.69, 9.17) is 15.2 Å². The highest BCUT2D eigenvalue weighted by Crippen LogP contribution is 2.04. The summed E-state index contributed by atoms with van der Waals surface area (Å²) in [5, 5.41) is 0. The zero-order valence-electron chi connectivity index (χ0n) is 10.0. The average Bonchev–Trinajstić information content (AvgIpc) is 2.28. The molecule has 1 aromatic heterocycles. The quantitative estimate of drug-likeness (QED) is 0.586. The van der Waals surface area contributed by atoms with Crippen LogP contribution in [-0.4, -0.2) is 35.8 Å². The van der Waals surface area contributed by atoms with Gasteiger partial charge >= 0.3 is 5.97 Å². The van der Waals surface area contributed by atoms with E-state index in [0.717, 1.165) is 0 Å². The maximum absolute atomic E-state index is 11.5. The number of anilines is 1. The second-order valence-corrected chi connectivity index (χ2v) is 3.89. The Balaban J connectivity index is 2.29. The molecule has 0 fully saturated rings. The summed E-state index contributed by atoms with van der Waals surface area (Å²) in [5.74, 6) is -0.0503. The van der Waals surface area contributed by atoms with Gasteiger partial charge in [-0.2, -0.15) is 0 Å². The molecule has 2 N–H and O–H groups in total. The predicted molar refractivity (Wildman–Crippen MR) is 62.4 cm³/mol. The fourth-order valence-electron chi connectivity index (χ4n) is 1.09. The summed E-state index contributed by atoms with van der Waals surface area (Å²) < 4.78 is 10.2. The van der Waals surface area contributed by atoms with Crippen LogP contribution < -0.4 is 5.73 Å². The minimum absolute atomic E-state index is 0.0383. The van der Waals surface area contributed by atoms with Gasteiger partial charge in [0.2, 0.25) is 0 Å². The molecule has 17 heavy (non-hydrogen) atoms. The first-order valence-electron chi connectivity index (χ1n) is 5.42. The number of carbonyl (C=O) groups excluding carboxylic acids is 1. The summed E-state index contributed by atoms with van der Waals surface area (Å²) in [7, 11) is 0. The third-order valence-corrected chi connectivity index (χ3v) is 1.83. The average molecular weight is 239 g/mol. The number of nitrogens with zero attached hydrogens (tertiary/aromatic N) is 2. The van der Waals surface area contributed by atoms with E-state index in [0.29, 0.717) is 19.1 Å². The normalized spacial score (nSPS) is 10.5. The summed E-state index contributed by atoms with van der Waals surface area (Å²) in [5.41, 5.74) is 5.52. The Morgan fingerprint density at radius 2 is 2.06 bits per heavy atom. The van der Waals surface area contributed by atoms with Crippen molar-refractivity contribution in [2.24, 2.45) is 5.92 Å². The van der Waals surface area contributed by atoms with Crippen molar-refractivity contribution < 1.29 is 14.3 Å². The van der Waals surface area contributed by atoms with Gasteiger partial charge < -0.3 is 15.2 Å². The van der Waals surface area contributed by atoms with E-state index < -0.39 is 5.97 Å². The lowest BCUT2D eigenvalue weighted by atomic mass is 10.2. The monoisotopic (exact) mass is 239 g/mol. The van der Waals surface area contributed by atoms with Crippen molar-refractivity contribution in [3.8, 4) is 0 Å². The lowest BCUT2D eigenvalue weighted by Gasteiger charge is -2.07. The van der Waals surface area contributed by atoms with E-state index >= 15 is 0 Å². The summed E-state index contributed by atoms with van der Waals surface area (Å²) >= 11 is 0. The summed E-state index contributed by atoms with van der Waals surface area (Å²) in [4.78, 5) is 19.1. The Morgan fingerprint density at radius 3 is 2.71 bits per heavy atom. The largest absolute Gasteiger partial charge is 0.458 e. The number of ether oxygens (including phenoxy) is 2. The van der Waals surface area contributed by atoms with Gasteiger partial charge in [-0.25, -0.2) is 14.8 Å². The van der Waals surface area contributed by atoms with Gasteiger partial charge in [-0.15, -0.1) is 0 Å². The summed E-state index contributed by atoms with van der Waals surface area (Å²) in [6.07, 6.45) is 2.81. The number of hydrogen-bond donors (Lipinski definition) is 1. The second-order valence-electron chi connectivity index (χ2n) is 3.89. The van der Waals surface area contributed by atoms with Crippen molar-refractivity contribution in [3.05, 3.63) is 18.1 Å². The molecule has 0 aliphatic carbocycles. The highest BCUT2D eigenvalue weighted by Gasteiger charge is 2.12. The maximum atomic E-state index is 11.5. The number of carbonyl (C=O) groups is 1. The molecule has 0 atom stereocenters. The number of hydrogen-bond acceptors (Lipinski definition) is 6. The third kappa shape index (κ3) is 4.78. The Kier molecular flexibility index (Phi) is 5.35. The summed E-state index contributed by atoms with van der Waals surface area (Å²) in [6, 6.07) is 0. The van der Waals surface area contributed by atoms with Gasteiger partial charge in [-0.3, -0.25) is 0 Å². The third-order valence-electron chi connectivity index (χ3n) is 1.83. The molecular weight excluding hydrogens is 222 g/mol. The molecule has 0 aliphatic heterocycles. The van der Waals surface area contributed by atoms with E-state index in [2.05, 4.69) is 9.97 Å². The second kappa shape index (κ2) is 6.80. The van der Waals surface area contributed by atoms with Crippen molar-refractivity contribution in [3.63, 3.8) is 0 Å². The molecule has 0 bridgehead atoms. The first kappa shape index (κ1) is 13.4. The van der Waals surface area contributed by atoms with E-state index in [1.54, 1.807) is 0 Å². The Labute approximate surface area is 100 Å². The van der Waals surface area contributed by atoms with Crippen LogP contribution >= 0.6 is 0 Å². The smallest absolute Gasteiger partial charge is 0.360 e. The number of esters is 1. The first-order chi connectivity index (χ1) is 8.11. The van der Waals surface area contributed by atoms with E-state index in [-0.39, 0.29) is 18.1 Å². The topological polar surface area (TPSA) is 87.3 Å². The van der Waals surface area contributed by atoms with E-state index in [1.807, 2.05) is 13.8 Å². The number of nitrogen functional groups attached to an aromatic ring is 1. The summed E-state index contributed by atoms with van der Waals surface area (Å²) in [6.45, 7) is 5.29.